The summed E-state index contributed by atoms with van der Waals surface area (Å²) in [6, 6.07) is 10.3. The van der Waals surface area contributed by atoms with E-state index < -0.39 is 0 Å². The van der Waals surface area contributed by atoms with Crippen LogP contribution in [0, 0.1) is 0 Å². The van der Waals surface area contributed by atoms with Crippen molar-refractivity contribution in [1.29, 1.82) is 0 Å². The normalized spacial score (nSPS) is 15.6. The average molecular weight is 241 g/mol. The Morgan fingerprint density at radius 3 is 2.56 bits per heavy atom. The molecule has 0 spiro atoms. The highest BCUT2D eigenvalue weighted by molar-refractivity contribution is 5.61. The van der Waals surface area contributed by atoms with Crippen LogP contribution < -0.4 is 5.73 Å². The van der Waals surface area contributed by atoms with Gasteiger partial charge >= 0.3 is 0 Å². The van der Waals surface area contributed by atoms with Gasteiger partial charge in [-0.15, -0.1) is 0 Å². The highest BCUT2D eigenvalue weighted by Gasteiger charge is 2.26. The molecule has 2 aromatic rings. The van der Waals surface area contributed by atoms with E-state index in [-0.39, 0.29) is 0 Å². The number of anilines is 1. The van der Waals surface area contributed by atoms with E-state index in [9.17, 15) is 0 Å². The Balaban J connectivity index is 2.08. The smallest absolute Gasteiger partial charge is 0.141 e. The number of rotatable bonds is 3. The number of nitrogens with zero attached hydrogens (tertiary/aromatic N) is 2. The minimum atomic E-state index is 0.584. The van der Waals surface area contributed by atoms with Crippen molar-refractivity contribution in [2.75, 3.05) is 5.73 Å². The molecule has 1 aromatic heterocycles. The van der Waals surface area contributed by atoms with Gasteiger partial charge in [0, 0.05) is 18.0 Å². The summed E-state index contributed by atoms with van der Waals surface area (Å²) in [6.45, 7) is 2.99. The molecule has 3 nitrogen and oxygen atoms in total. The number of nitrogens with two attached hydrogens (primary N) is 1. The fourth-order valence-corrected chi connectivity index (χ4v) is 2.59. The van der Waals surface area contributed by atoms with Crippen molar-refractivity contribution in [3.05, 3.63) is 36.0 Å². The molecular weight excluding hydrogens is 222 g/mol. The Hall–Kier alpha value is -1.77. The number of benzene rings is 1. The maximum absolute atomic E-state index is 6.26. The molecule has 1 aromatic carbocycles. The van der Waals surface area contributed by atoms with E-state index in [1.165, 1.54) is 19.3 Å². The predicted octanol–water partition coefficient (Wildman–Crippen LogP) is 3.42. The zero-order chi connectivity index (χ0) is 12.5. The summed E-state index contributed by atoms with van der Waals surface area (Å²) in [5.41, 5.74) is 8.53. The van der Waals surface area contributed by atoms with E-state index in [4.69, 9.17) is 10.7 Å². The van der Waals surface area contributed by atoms with Gasteiger partial charge in [-0.3, -0.25) is 0 Å². The minimum absolute atomic E-state index is 0.584. The van der Waals surface area contributed by atoms with Crippen molar-refractivity contribution < 1.29 is 0 Å². The molecule has 3 rings (SSSR count). The van der Waals surface area contributed by atoms with Crippen molar-refractivity contribution in [3.63, 3.8) is 0 Å². The molecule has 1 aliphatic rings. The van der Waals surface area contributed by atoms with Crippen LogP contribution in [0.4, 0.5) is 5.82 Å². The lowest BCUT2D eigenvalue weighted by Crippen LogP contribution is -2.12. The van der Waals surface area contributed by atoms with Gasteiger partial charge in [0.25, 0.3) is 0 Å². The summed E-state index contributed by atoms with van der Waals surface area (Å²) in [4.78, 5) is 4.81. The standard InChI is InChI=1S/C15H19N3/c1-2-18-14(16)13(11-9-6-10-11)17-15(18)12-7-4-3-5-8-12/h3-5,7-8,11H,2,6,9-10,16H2,1H3. The van der Waals surface area contributed by atoms with Gasteiger partial charge < -0.3 is 10.3 Å². The maximum Gasteiger partial charge on any atom is 0.141 e. The Kier molecular flexibility index (Phi) is 2.82. The quantitative estimate of drug-likeness (QED) is 0.894. The van der Waals surface area contributed by atoms with Crippen LogP contribution in [0.3, 0.4) is 0 Å². The van der Waals surface area contributed by atoms with Crippen LogP contribution in [0.2, 0.25) is 0 Å². The zero-order valence-corrected chi connectivity index (χ0v) is 10.8. The number of hydrogen-bond donors (Lipinski definition) is 1. The topological polar surface area (TPSA) is 43.8 Å². The summed E-state index contributed by atoms with van der Waals surface area (Å²) in [5.74, 6) is 2.46. The Morgan fingerprint density at radius 2 is 2.00 bits per heavy atom. The lowest BCUT2D eigenvalue weighted by molar-refractivity contribution is 0.413. The van der Waals surface area contributed by atoms with Crippen LogP contribution in [0.25, 0.3) is 11.4 Å². The molecule has 0 atom stereocenters. The zero-order valence-electron chi connectivity index (χ0n) is 10.8. The molecule has 0 amide bonds. The van der Waals surface area contributed by atoms with Crippen LogP contribution in [0.15, 0.2) is 30.3 Å². The van der Waals surface area contributed by atoms with Crippen molar-refractivity contribution in [2.24, 2.45) is 0 Å². The monoisotopic (exact) mass is 241 g/mol. The second-order valence-corrected chi connectivity index (χ2v) is 4.94. The first-order valence-electron chi connectivity index (χ1n) is 6.72. The Morgan fingerprint density at radius 1 is 1.28 bits per heavy atom. The van der Waals surface area contributed by atoms with E-state index in [1.54, 1.807) is 0 Å². The summed E-state index contributed by atoms with van der Waals surface area (Å²) < 4.78 is 2.13. The summed E-state index contributed by atoms with van der Waals surface area (Å²) in [6.07, 6.45) is 3.78. The second kappa shape index (κ2) is 4.48. The molecule has 0 aliphatic heterocycles. The van der Waals surface area contributed by atoms with Gasteiger partial charge in [-0.1, -0.05) is 36.8 Å². The molecule has 18 heavy (non-hydrogen) atoms. The van der Waals surface area contributed by atoms with E-state index in [1.807, 2.05) is 18.2 Å². The molecule has 0 unspecified atom stereocenters. The fraction of sp³-hybridized carbons (Fsp3) is 0.400. The minimum Gasteiger partial charge on any atom is -0.384 e. The van der Waals surface area contributed by atoms with Gasteiger partial charge in [-0.2, -0.15) is 0 Å². The lowest BCUT2D eigenvalue weighted by atomic mass is 9.83. The third kappa shape index (κ3) is 1.70. The third-order valence-electron chi connectivity index (χ3n) is 3.88. The first-order chi connectivity index (χ1) is 8.81. The SMILES string of the molecule is CCn1c(-c2ccccc2)nc(C2CCC2)c1N. The molecule has 3 heteroatoms. The van der Waals surface area contributed by atoms with Crippen molar-refractivity contribution >= 4 is 5.82 Å². The Bertz CT molecular complexity index is 538. The van der Waals surface area contributed by atoms with Gasteiger partial charge in [0.05, 0.1) is 5.69 Å². The summed E-state index contributed by atoms with van der Waals surface area (Å²) in [7, 11) is 0. The highest BCUT2D eigenvalue weighted by Crippen LogP contribution is 2.40. The second-order valence-electron chi connectivity index (χ2n) is 4.94. The van der Waals surface area contributed by atoms with E-state index in [0.717, 1.165) is 29.4 Å². The van der Waals surface area contributed by atoms with Crippen molar-refractivity contribution in [1.82, 2.24) is 9.55 Å². The maximum atomic E-state index is 6.26. The molecule has 0 bridgehead atoms. The first-order valence-corrected chi connectivity index (χ1v) is 6.72. The predicted molar refractivity (Wildman–Crippen MR) is 74.3 cm³/mol. The molecule has 0 radical (unpaired) electrons. The summed E-state index contributed by atoms with van der Waals surface area (Å²) in [5, 5.41) is 0. The van der Waals surface area contributed by atoms with Gasteiger partial charge in [-0.25, -0.2) is 4.98 Å². The molecule has 1 saturated carbocycles. The number of nitrogen functional groups attached to an aromatic ring is 1. The molecule has 0 saturated heterocycles. The fourth-order valence-electron chi connectivity index (χ4n) is 2.59. The van der Waals surface area contributed by atoms with Gasteiger partial charge in [0.1, 0.15) is 11.6 Å². The van der Waals surface area contributed by atoms with E-state index >= 15 is 0 Å². The van der Waals surface area contributed by atoms with Crippen LogP contribution in [0.5, 0.6) is 0 Å². The Labute approximate surface area is 108 Å². The lowest BCUT2D eigenvalue weighted by Gasteiger charge is -2.23. The van der Waals surface area contributed by atoms with Gasteiger partial charge in [-0.05, 0) is 19.8 Å². The molecular formula is C15H19N3. The van der Waals surface area contributed by atoms with Crippen LogP contribution >= 0.6 is 0 Å². The van der Waals surface area contributed by atoms with Crippen molar-refractivity contribution in [3.8, 4) is 11.4 Å². The molecule has 1 heterocycles. The number of imidazole rings is 1. The third-order valence-corrected chi connectivity index (χ3v) is 3.88. The number of aromatic nitrogens is 2. The highest BCUT2D eigenvalue weighted by atomic mass is 15.1. The first kappa shape index (κ1) is 11.3. The average Bonchev–Trinajstić information content (AvgIpc) is 2.66. The van der Waals surface area contributed by atoms with Crippen LogP contribution in [0.1, 0.15) is 37.8 Å². The number of hydrogen-bond acceptors (Lipinski definition) is 2. The molecule has 94 valence electrons. The van der Waals surface area contributed by atoms with E-state index in [0.29, 0.717) is 5.92 Å². The van der Waals surface area contributed by atoms with Crippen LogP contribution in [-0.2, 0) is 6.54 Å². The largest absolute Gasteiger partial charge is 0.384 e. The molecule has 2 N–H and O–H groups in total. The molecule has 1 fully saturated rings. The summed E-state index contributed by atoms with van der Waals surface area (Å²) >= 11 is 0. The van der Waals surface area contributed by atoms with E-state index in [2.05, 4.69) is 23.6 Å². The van der Waals surface area contributed by atoms with Gasteiger partial charge in [0.2, 0.25) is 0 Å². The van der Waals surface area contributed by atoms with Gasteiger partial charge in [0.15, 0.2) is 0 Å². The van der Waals surface area contributed by atoms with Crippen molar-refractivity contribution in [2.45, 2.75) is 38.6 Å². The molecule has 1 aliphatic carbocycles. The van der Waals surface area contributed by atoms with Crippen LogP contribution in [-0.4, -0.2) is 9.55 Å².